The van der Waals surface area contributed by atoms with Gasteiger partial charge in [0.25, 0.3) is 0 Å². The third kappa shape index (κ3) is 2.77. The Kier molecular flexibility index (Phi) is 4.92. The predicted molar refractivity (Wildman–Crippen MR) is 34.0 cm³/mol. The van der Waals surface area contributed by atoms with Gasteiger partial charge in [-0.05, 0) is 18.0 Å². The fourth-order valence-corrected chi connectivity index (χ4v) is 1.69. The molecule has 0 spiro atoms. The van der Waals surface area contributed by atoms with Crippen LogP contribution in [0.4, 0.5) is 0 Å². The fraction of sp³-hybridized carbons (Fsp3) is 0.250. The van der Waals surface area contributed by atoms with E-state index < -0.39 is 11.1 Å². The van der Waals surface area contributed by atoms with Crippen molar-refractivity contribution in [2.45, 2.75) is 11.1 Å². The first-order valence-corrected chi connectivity index (χ1v) is 4.11. The van der Waals surface area contributed by atoms with Crippen molar-refractivity contribution in [3.05, 3.63) is 11.2 Å². The Morgan fingerprint density at radius 2 is 2.40 bits per heavy atom. The van der Waals surface area contributed by atoms with Crippen molar-refractivity contribution in [1.29, 1.82) is 0 Å². The minimum Gasteiger partial charge on any atom is -0.768 e. The summed E-state index contributed by atoms with van der Waals surface area (Å²) in [5.74, 6) is 0. The smallest absolute Gasteiger partial charge is 0.768 e. The third-order valence-corrected chi connectivity index (χ3v) is 2.56. The summed E-state index contributed by atoms with van der Waals surface area (Å²) in [6.45, 7) is 1.76. The second-order valence-corrected chi connectivity index (χ2v) is 3.84. The molecule has 0 N–H and O–H groups in total. The molecular formula is C4H4NNaO2S2. The SMILES string of the molecule is Cc1ncc(S(=O)[O-])s1.[Na+]. The summed E-state index contributed by atoms with van der Waals surface area (Å²) in [4.78, 5) is 3.76. The van der Waals surface area contributed by atoms with Crippen molar-refractivity contribution in [2.24, 2.45) is 0 Å². The van der Waals surface area contributed by atoms with E-state index in [9.17, 15) is 8.76 Å². The molecule has 3 nitrogen and oxygen atoms in total. The van der Waals surface area contributed by atoms with E-state index in [4.69, 9.17) is 0 Å². The normalized spacial score (nSPS) is 12.2. The first-order chi connectivity index (χ1) is 4.20. The van der Waals surface area contributed by atoms with Gasteiger partial charge >= 0.3 is 29.6 Å². The molecule has 1 heterocycles. The Bertz CT molecular complexity index is 237. The number of hydrogen-bond acceptors (Lipinski definition) is 4. The first kappa shape index (κ1) is 10.7. The molecular weight excluding hydrogens is 181 g/mol. The number of hydrogen-bond donors (Lipinski definition) is 0. The molecule has 0 saturated heterocycles. The van der Waals surface area contributed by atoms with Crippen molar-refractivity contribution in [3.63, 3.8) is 0 Å². The molecule has 0 aliphatic heterocycles. The predicted octanol–water partition coefficient (Wildman–Crippen LogP) is -2.31. The van der Waals surface area contributed by atoms with Crippen LogP contribution < -0.4 is 29.6 Å². The molecule has 1 aromatic heterocycles. The fourth-order valence-electron chi connectivity index (χ4n) is 0.419. The minimum atomic E-state index is -2.10. The van der Waals surface area contributed by atoms with Crippen LogP contribution in [0.2, 0.25) is 0 Å². The standard InChI is InChI=1S/C4H5NO2S2.Na/c1-3-5-2-4(8-3)9(6)7;/h2H,1H3,(H,6,7);/q;+1/p-1. The molecule has 1 aromatic rings. The van der Waals surface area contributed by atoms with Gasteiger partial charge in [-0.2, -0.15) is 0 Å². The molecule has 0 aliphatic carbocycles. The molecule has 0 aliphatic rings. The molecule has 0 aromatic carbocycles. The summed E-state index contributed by atoms with van der Waals surface area (Å²) in [6, 6.07) is 0. The Balaban J connectivity index is 0.000000810. The maximum absolute atomic E-state index is 10.2. The summed E-state index contributed by atoms with van der Waals surface area (Å²) >= 11 is -0.930. The molecule has 50 valence electrons. The largest absolute Gasteiger partial charge is 1.00 e. The molecule has 1 unspecified atom stereocenters. The van der Waals surface area contributed by atoms with Gasteiger partial charge in [-0.3, -0.25) is 4.21 Å². The van der Waals surface area contributed by atoms with E-state index >= 15 is 0 Å². The molecule has 10 heavy (non-hydrogen) atoms. The van der Waals surface area contributed by atoms with E-state index in [0.717, 1.165) is 5.01 Å². The zero-order valence-electron chi connectivity index (χ0n) is 5.66. The van der Waals surface area contributed by atoms with Crippen LogP contribution in [0.1, 0.15) is 5.01 Å². The second kappa shape index (κ2) is 4.58. The van der Waals surface area contributed by atoms with Gasteiger partial charge in [0.1, 0.15) is 0 Å². The summed E-state index contributed by atoms with van der Waals surface area (Å²) in [7, 11) is 0. The molecule has 6 heteroatoms. The van der Waals surface area contributed by atoms with Crippen molar-refractivity contribution in [1.82, 2.24) is 4.98 Å². The molecule has 0 fully saturated rings. The van der Waals surface area contributed by atoms with Crippen LogP contribution in [0.5, 0.6) is 0 Å². The Labute approximate surface area is 87.4 Å². The summed E-state index contributed by atoms with van der Waals surface area (Å²) in [6.07, 6.45) is 1.35. The van der Waals surface area contributed by atoms with Crippen LogP contribution in [0.3, 0.4) is 0 Å². The van der Waals surface area contributed by atoms with E-state index in [2.05, 4.69) is 4.98 Å². The van der Waals surface area contributed by atoms with Crippen LogP contribution >= 0.6 is 11.3 Å². The summed E-state index contributed by atoms with van der Waals surface area (Å²) in [5, 5.41) is 0.772. The van der Waals surface area contributed by atoms with Gasteiger partial charge < -0.3 is 4.55 Å². The van der Waals surface area contributed by atoms with E-state index in [1.165, 1.54) is 17.5 Å². The van der Waals surface area contributed by atoms with Crippen LogP contribution in [0.25, 0.3) is 0 Å². The Morgan fingerprint density at radius 3 is 2.60 bits per heavy atom. The van der Waals surface area contributed by atoms with Gasteiger partial charge in [-0.15, -0.1) is 11.3 Å². The number of rotatable bonds is 1. The zero-order valence-corrected chi connectivity index (χ0v) is 9.29. The number of aryl methyl sites for hydroxylation is 1. The van der Waals surface area contributed by atoms with Crippen LogP contribution in [0.15, 0.2) is 10.4 Å². The first-order valence-electron chi connectivity index (χ1n) is 2.22. The van der Waals surface area contributed by atoms with E-state index in [1.54, 1.807) is 6.92 Å². The van der Waals surface area contributed by atoms with E-state index in [-0.39, 0.29) is 29.6 Å². The monoisotopic (exact) mass is 185 g/mol. The van der Waals surface area contributed by atoms with Crippen molar-refractivity contribution < 1.29 is 38.3 Å². The molecule has 0 radical (unpaired) electrons. The van der Waals surface area contributed by atoms with Gasteiger partial charge in [0.05, 0.1) is 15.4 Å². The minimum absolute atomic E-state index is 0. The molecule has 1 atom stereocenters. The second-order valence-electron chi connectivity index (χ2n) is 1.43. The summed E-state index contributed by atoms with van der Waals surface area (Å²) < 4.78 is 20.7. The summed E-state index contributed by atoms with van der Waals surface area (Å²) in [5.41, 5.74) is 0. The van der Waals surface area contributed by atoms with Crippen LogP contribution in [0, 0.1) is 6.92 Å². The van der Waals surface area contributed by atoms with Crippen molar-refractivity contribution in [3.8, 4) is 0 Å². The van der Waals surface area contributed by atoms with Gasteiger partial charge in [-0.25, -0.2) is 4.98 Å². The van der Waals surface area contributed by atoms with Crippen molar-refractivity contribution in [2.75, 3.05) is 0 Å². The van der Waals surface area contributed by atoms with Crippen LogP contribution in [-0.2, 0) is 11.1 Å². The topological polar surface area (TPSA) is 53.0 Å². The molecule has 0 saturated carbocycles. The van der Waals surface area contributed by atoms with Gasteiger partial charge in [0.2, 0.25) is 0 Å². The molecule has 0 amide bonds. The number of nitrogens with zero attached hydrogens (tertiary/aromatic N) is 1. The Hall–Kier alpha value is 0.740. The molecule has 1 rings (SSSR count). The quantitative estimate of drug-likeness (QED) is 0.365. The maximum Gasteiger partial charge on any atom is 1.00 e. The van der Waals surface area contributed by atoms with Gasteiger partial charge in [0.15, 0.2) is 0 Å². The van der Waals surface area contributed by atoms with E-state index in [1.807, 2.05) is 0 Å². The number of thiazole rings is 1. The molecule has 0 bridgehead atoms. The average Bonchev–Trinajstić information content (AvgIpc) is 2.14. The third-order valence-electron chi connectivity index (χ3n) is 0.764. The Morgan fingerprint density at radius 1 is 1.80 bits per heavy atom. The van der Waals surface area contributed by atoms with Crippen molar-refractivity contribution >= 4 is 22.4 Å². The van der Waals surface area contributed by atoms with Crippen LogP contribution in [-0.4, -0.2) is 13.7 Å². The zero-order chi connectivity index (χ0) is 6.85. The number of aromatic nitrogens is 1. The van der Waals surface area contributed by atoms with Gasteiger partial charge in [-0.1, -0.05) is 0 Å². The maximum atomic E-state index is 10.2. The average molecular weight is 185 g/mol. The van der Waals surface area contributed by atoms with Gasteiger partial charge in [0, 0.05) is 0 Å². The van der Waals surface area contributed by atoms with E-state index in [0.29, 0.717) is 4.21 Å².